The molecular weight excluding hydrogens is 304 g/mol. The van der Waals surface area contributed by atoms with E-state index in [0.717, 1.165) is 12.8 Å². The number of rotatable bonds is 5. The number of aromatic nitrogens is 3. The van der Waals surface area contributed by atoms with Crippen LogP contribution in [0, 0.1) is 12.0 Å². The topological polar surface area (TPSA) is 61.4 Å². The van der Waals surface area contributed by atoms with Crippen LogP contribution in [0.1, 0.15) is 29.2 Å². The highest BCUT2D eigenvalue weighted by Crippen LogP contribution is 2.48. The monoisotopic (exact) mass is 318 g/mol. The minimum atomic E-state index is -0.482. The number of hydrogen-bond donors (Lipinski definition) is 0. The molecule has 0 N–H and O–H groups in total. The smallest absolute Gasteiger partial charge is 0.356 e. The third-order valence-electron chi connectivity index (χ3n) is 4.05. The molecule has 1 aliphatic rings. The molecule has 2 aromatic rings. The van der Waals surface area contributed by atoms with Crippen molar-refractivity contribution in [3.05, 3.63) is 35.1 Å². The van der Waals surface area contributed by atoms with Crippen molar-refractivity contribution in [3.8, 4) is 0 Å². The second-order valence-electron chi connectivity index (χ2n) is 5.59. The molecule has 0 aromatic carbocycles. The molecule has 0 radical (unpaired) electrons. The number of nitrogens with zero attached hydrogens (tertiary/aromatic N) is 4. The molecule has 0 saturated heterocycles. The van der Waals surface area contributed by atoms with Crippen molar-refractivity contribution < 1.29 is 9.53 Å². The number of carbonyl (C=O) groups excluding carboxylic acids is 1. The molecule has 0 aliphatic heterocycles. The van der Waals surface area contributed by atoms with Crippen molar-refractivity contribution in [2.75, 3.05) is 13.7 Å². The number of ether oxygens (including phenoxy) is 1. The molecule has 22 heavy (non-hydrogen) atoms. The average molecular weight is 319 g/mol. The fourth-order valence-corrected chi connectivity index (χ4v) is 2.79. The number of carbonyl (C=O) groups is 1. The van der Waals surface area contributed by atoms with Crippen molar-refractivity contribution in [1.82, 2.24) is 14.5 Å². The second kappa shape index (κ2) is 5.58. The molecule has 6 nitrogen and oxygen atoms in total. The summed E-state index contributed by atoms with van der Waals surface area (Å²) in [5.41, 5.74) is 1.56. The van der Waals surface area contributed by atoms with Crippen LogP contribution in [0.3, 0.4) is 0 Å². The molecule has 0 amide bonds. The minimum Gasteiger partial charge on any atom is -0.464 e. The van der Waals surface area contributed by atoms with Crippen LogP contribution >= 0.6 is 11.6 Å². The van der Waals surface area contributed by atoms with Gasteiger partial charge in [-0.05, 0) is 25.0 Å². The van der Waals surface area contributed by atoms with E-state index in [2.05, 4.69) is 14.8 Å². The van der Waals surface area contributed by atoms with E-state index in [0.29, 0.717) is 30.1 Å². The van der Waals surface area contributed by atoms with Gasteiger partial charge >= 0.3 is 5.97 Å². The Morgan fingerprint density at radius 2 is 2.27 bits per heavy atom. The summed E-state index contributed by atoms with van der Waals surface area (Å²) in [5, 5.41) is 0. The summed E-state index contributed by atoms with van der Waals surface area (Å²) in [6.45, 7) is 8.25. The molecule has 3 rings (SSSR count). The summed E-state index contributed by atoms with van der Waals surface area (Å²) in [7, 11) is 1.32. The molecular formula is C15H15ClN4O2. The first-order valence-corrected chi connectivity index (χ1v) is 7.49. The van der Waals surface area contributed by atoms with E-state index in [1.165, 1.54) is 7.11 Å². The predicted octanol–water partition coefficient (Wildman–Crippen LogP) is 2.66. The number of halogens is 1. The van der Waals surface area contributed by atoms with Gasteiger partial charge < -0.3 is 14.1 Å². The molecule has 114 valence electrons. The molecule has 1 aliphatic carbocycles. The van der Waals surface area contributed by atoms with Crippen molar-refractivity contribution in [2.24, 2.45) is 5.41 Å². The van der Waals surface area contributed by atoms with Crippen LogP contribution in [0.25, 0.3) is 16.0 Å². The predicted molar refractivity (Wildman–Crippen MR) is 81.6 cm³/mol. The van der Waals surface area contributed by atoms with Crippen molar-refractivity contribution in [3.63, 3.8) is 0 Å². The third kappa shape index (κ3) is 2.53. The molecule has 0 atom stereocenters. The van der Waals surface area contributed by atoms with Crippen LogP contribution in [0.15, 0.2) is 12.1 Å². The summed E-state index contributed by atoms with van der Waals surface area (Å²) in [5.74, 6) is 0.490. The van der Waals surface area contributed by atoms with Gasteiger partial charge in [-0.3, -0.25) is 0 Å². The number of alkyl halides is 1. The SMILES string of the molecule is [C-]#[N+]CC1(Cn2c(CCl)nc3ccc(C(=O)OC)nc32)CC1. The molecule has 1 fully saturated rings. The Kier molecular flexibility index (Phi) is 3.75. The number of pyridine rings is 1. The fraction of sp³-hybridized carbons (Fsp3) is 0.467. The normalized spacial score (nSPS) is 15.5. The highest BCUT2D eigenvalue weighted by molar-refractivity contribution is 6.16. The highest BCUT2D eigenvalue weighted by atomic mass is 35.5. The van der Waals surface area contributed by atoms with Crippen LogP contribution < -0.4 is 0 Å². The van der Waals surface area contributed by atoms with E-state index < -0.39 is 5.97 Å². The van der Waals surface area contributed by atoms with E-state index in [-0.39, 0.29) is 17.0 Å². The van der Waals surface area contributed by atoms with Gasteiger partial charge in [0.05, 0.1) is 18.4 Å². The van der Waals surface area contributed by atoms with Gasteiger partial charge in [0.1, 0.15) is 11.3 Å². The Labute approximate surface area is 132 Å². The fourth-order valence-electron chi connectivity index (χ4n) is 2.58. The summed E-state index contributed by atoms with van der Waals surface area (Å²) in [6.07, 6.45) is 2.04. The second-order valence-corrected chi connectivity index (χ2v) is 5.86. The first-order chi connectivity index (χ1) is 10.6. The van der Waals surface area contributed by atoms with E-state index in [9.17, 15) is 4.79 Å². The standard InChI is InChI=1S/C15H15ClN4O2/c1-17-8-15(5-6-15)9-20-12(7-16)18-10-3-4-11(14(21)22-2)19-13(10)20/h3-4H,5-9H2,2H3. The maximum atomic E-state index is 11.7. The van der Waals surface area contributed by atoms with Gasteiger partial charge in [0.15, 0.2) is 11.3 Å². The van der Waals surface area contributed by atoms with Gasteiger partial charge in [-0.2, -0.15) is 0 Å². The van der Waals surface area contributed by atoms with Gasteiger partial charge in [0, 0.05) is 6.54 Å². The largest absolute Gasteiger partial charge is 0.464 e. The molecule has 1 saturated carbocycles. The Bertz CT molecular complexity index is 774. The molecule has 2 aromatic heterocycles. The lowest BCUT2D eigenvalue weighted by Gasteiger charge is -2.12. The zero-order valence-corrected chi connectivity index (χ0v) is 12.9. The Morgan fingerprint density at radius 1 is 1.50 bits per heavy atom. The molecule has 2 heterocycles. The zero-order chi connectivity index (χ0) is 15.7. The van der Waals surface area contributed by atoms with E-state index in [1.54, 1.807) is 12.1 Å². The minimum absolute atomic E-state index is 0.000854. The number of imidazole rings is 1. The van der Waals surface area contributed by atoms with Gasteiger partial charge in [-0.15, -0.1) is 11.6 Å². The number of esters is 1. The summed E-state index contributed by atoms with van der Waals surface area (Å²) in [4.78, 5) is 24.0. The van der Waals surface area contributed by atoms with Gasteiger partial charge in [-0.1, -0.05) is 0 Å². The Morgan fingerprint density at radius 3 is 2.86 bits per heavy atom. The van der Waals surface area contributed by atoms with E-state index >= 15 is 0 Å². The number of fused-ring (bicyclic) bond motifs is 1. The van der Waals surface area contributed by atoms with Crippen LogP contribution in [0.5, 0.6) is 0 Å². The molecule has 0 unspecified atom stereocenters. The average Bonchev–Trinajstić information content (AvgIpc) is 3.21. The highest BCUT2D eigenvalue weighted by Gasteiger charge is 2.47. The van der Waals surface area contributed by atoms with Crippen LogP contribution in [-0.4, -0.2) is 34.2 Å². The Balaban J connectivity index is 2.06. The third-order valence-corrected chi connectivity index (χ3v) is 4.29. The molecule has 0 bridgehead atoms. The maximum Gasteiger partial charge on any atom is 0.356 e. The zero-order valence-electron chi connectivity index (χ0n) is 12.2. The lowest BCUT2D eigenvalue weighted by atomic mass is 10.1. The van der Waals surface area contributed by atoms with Crippen LogP contribution in [0.4, 0.5) is 0 Å². The van der Waals surface area contributed by atoms with Crippen LogP contribution in [0.2, 0.25) is 0 Å². The van der Waals surface area contributed by atoms with E-state index in [4.69, 9.17) is 22.9 Å². The summed E-state index contributed by atoms with van der Waals surface area (Å²) >= 11 is 6.00. The lowest BCUT2D eigenvalue weighted by Crippen LogP contribution is -2.17. The number of hydrogen-bond acceptors (Lipinski definition) is 4. The van der Waals surface area contributed by atoms with Crippen LogP contribution in [-0.2, 0) is 17.2 Å². The van der Waals surface area contributed by atoms with Crippen molar-refractivity contribution >= 4 is 28.7 Å². The van der Waals surface area contributed by atoms with Crippen molar-refractivity contribution in [2.45, 2.75) is 25.3 Å². The molecule has 0 spiro atoms. The van der Waals surface area contributed by atoms with E-state index in [1.807, 2.05) is 4.57 Å². The quantitative estimate of drug-likeness (QED) is 0.483. The number of methoxy groups -OCH3 is 1. The summed E-state index contributed by atoms with van der Waals surface area (Å²) < 4.78 is 6.65. The molecule has 7 heteroatoms. The maximum absolute atomic E-state index is 11.7. The van der Waals surface area contributed by atoms with Gasteiger partial charge in [0.25, 0.3) is 0 Å². The first kappa shape index (κ1) is 14.8. The van der Waals surface area contributed by atoms with Gasteiger partial charge in [-0.25, -0.2) is 21.3 Å². The Hall–Kier alpha value is -2.13. The first-order valence-electron chi connectivity index (χ1n) is 6.96. The summed E-state index contributed by atoms with van der Waals surface area (Å²) in [6, 6.07) is 3.34. The van der Waals surface area contributed by atoms with Gasteiger partial charge in [0.2, 0.25) is 6.54 Å². The lowest BCUT2D eigenvalue weighted by molar-refractivity contribution is 0.0594. The van der Waals surface area contributed by atoms with Crippen molar-refractivity contribution in [1.29, 1.82) is 0 Å².